The van der Waals surface area contributed by atoms with E-state index in [0.717, 1.165) is 26.0 Å². The van der Waals surface area contributed by atoms with Crippen LogP contribution in [0.15, 0.2) is 78.9 Å². The molecule has 0 radical (unpaired) electrons. The summed E-state index contributed by atoms with van der Waals surface area (Å²) in [5.74, 6) is 0.554. The van der Waals surface area contributed by atoms with E-state index in [-0.39, 0.29) is 12.6 Å². The average Bonchev–Trinajstić information content (AvgIpc) is 2.76. The van der Waals surface area contributed by atoms with Gasteiger partial charge in [0.2, 0.25) is 0 Å². The molecule has 0 saturated carbocycles. The largest absolute Gasteiger partial charge is 0.489 e. The van der Waals surface area contributed by atoms with Gasteiger partial charge in [0.15, 0.2) is 0 Å². The highest BCUT2D eigenvalue weighted by Gasteiger charge is 2.24. The molecule has 0 aromatic heterocycles. The van der Waals surface area contributed by atoms with Crippen LogP contribution in [0.25, 0.3) is 0 Å². The number of ether oxygens (including phenoxy) is 2. The van der Waals surface area contributed by atoms with Gasteiger partial charge in [-0.15, -0.1) is 0 Å². The van der Waals surface area contributed by atoms with Gasteiger partial charge in [-0.1, -0.05) is 60.7 Å². The van der Waals surface area contributed by atoms with Crippen molar-refractivity contribution in [2.75, 3.05) is 14.1 Å². The number of hydrogen-bond acceptors (Lipinski definition) is 4. The van der Waals surface area contributed by atoms with E-state index in [0.29, 0.717) is 13.0 Å². The first-order valence-corrected chi connectivity index (χ1v) is 10.9. The van der Waals surface area contributed by atoms with Crippen LogP contribution in [-0.2, 0) is 29.2 Å². The predicted octanol–water partition coefficient (Wildman–Crippen LogP) is 5.09. The molecule has 0 bridgehead atoms. The molecule has 0 amide bonds. The fourth-order valence-electron chi connectivity index (χ4n) is 3.09. The van der Waals surface area contributed by atoms with E-state index in [1.54, 1.807) is 0 Å². The van der Waals surface area contributed by atoms with Gasteiger partial charge in [-0.05, 0) is 71.6 Å². The smallest absolute Gasteiger partial charge is 0.324 e. The lowest BCUT2D eigenvalue weighted by atomic mass is 10.0. The minimum atomic E-state index is -0.397. The third-order valence-corrected chi connectivity index (χ3v) is 5.46. The number of nitrogens with zero attached hydrogens (tertiary/aromatic N) is 1. The second-order valence-corrected chi connectivity index (χ2v) is 8.55. The van der Waals surface area contributed by atoms with E-state index in [4.69, 9.17) is 9.47 Å². The van der Waals surface area contributed by atoms with Crippen LogP contribution in [0.4, 0.5) is 0 Å². The number of carbonyl (C=O) groups excluding carboxylic acids is 1. The molecule has 0 fully saturated rings. The molecule has 0 aliphatic rings. The van der Waals surface area contributed by atoms with E-state index in [1.807, 2.05) is 91.8 Å². The maximum absolute atomic E-state index is 12.8. The third-order valence-electron chi connectivity index (χ3n) is 4.79. The molecule has 30 heavy (non-hydrogen) atoms. The van der Waals surface area contributed by atoms with Crippen molar-refractivity contribution in [2.24, 2.45) is 0 Å². The molecule has 3 aromatic rings. The van der Waals surface area contributed by atoms with Gasteiger partial charge in [-0.25, -0.2) is 0 Å². The quantitative estimate of drug-likeness (QED) is 0.294. The lowest BCUT2D eigenvalue weighted by Gasteiger charge is -2.24. The monoisotopic (exact) mass is 515 g/mol. The summed E-state index contributed by atoms with van der Waals surface area (Å²) in [5, 5.41) is 0. The molecule has 0 aliphatic heterocycles. The maximum atomic E-state index is 12.8. The van der Waals surface area contributed by atoms with E-state index in [9.17, 15) is 4.79 Å². The van der Waals surface area contributed by atoms with Crippen molar-refractivity contribution in [3.05, 3.63) is 99.1 Å². The van der Waals surface area contributed by atoms with Gasteiger partial charge in [0.1, 0.15) is 25.0 Å². The van der Waals surface area contributed by atoms with Crippen molar-refractivity contribution in [1.29, 1.82) is 0 Å². The van der Waals surface area contributed by atoms with Gasteiger partial charge >= 0.3 is 5.97 Å². The van der Waals surface area contributed by atoms with Crippen molar-refractivity contribution in [3.8, 4) is 5.75 Å². The van der Waals surface area contributed by atoms with E-state index < -0.39 is 6.04 Å². The molecule has 4 nitrogen and oxygen atoms in total. The molecule has 0 saturated heterocycles. The van der Waals surface area contributed by atoms with Crippen molar-refractivity contribution in [1.82, 2.24) is 4.90 Å². The first-order valence-electron chi connectivity index (χ1n) is 9.85. The maximum Gasteiger partial charge on any atom is 0.324 e. The first-order chi connectivity index (χ1) is 14.5. The van der Waals surface area contributed by atoms with Gasteiger partial charge in [-0.2, -0.15) is 0 Å². The summed E-state index contributed by atoms with van der Waals surface area (Å²) >= 11 is 2.28. The summed E-state index contributed by atoms with van der Waals surface area (Å²) in [6.45, 7) is 0.757. The number of halogens is 1. The summed E-state index contributed by atoms with van der Waals surface area (Å²) in [4.78, 5) is 14.7. The Balaban J connectivity index is 1.70. The lowest BCUT2D eigenvalue weighted by Crippen LogP contribution is -2.39. The Morgan fingerprint density at radius 2 is 1.50 bits per heavy atom. The molecule has 3 aromatic carbocycles. The Morgan fingerprint density at radius 3 is 2.10 bits per heavy atom. The van der Waals surface area contributed by atoms with Crippen LogP contribution in [0, 0.1) is 3.57 Å². The van der Waals surface area contributed by atoms with Crippen LogP contribution in [0.2, 0.25) is 0 Å². The molecule has 0 N–H and O–H groups in total. The Morgan fingerprint density at radius 1 is 0.900 bits per heavy atom. The zero-order valence-corrected chi connectivity index (χ0v) is 19.4. The highest BCUT2D eigenvalue weighted by Crippen LogP contribution is 2.25. The van der Waals surface area contributed by atoms with Crippen LogP contribution >= 0.6 is 22.6 Å². The molecular formula is C25H26INO3. The highest BCUT2D eigenvalue weighted by atomic mass is 127. The Bertz CT molecular complexity index is 945. The number of benzene rings is 3. The lowest BCUT2D eigenvalue weighted by molar-refractivity contribution is -0.150. The first kappa shape index (κ1) is 22.3. The predicted molar refractivity (Wildman–Crippen MR) is 127 cm³/mol. The second kappa shape index (κ2) is 11.1. The van der Waals surface area contributed by atoms with Crippen LogP contribution in [0.3, 0.4) is 0 Å². The Hall–Kier alpha value is -2.38. The number of esters is 1. The zero-order chi connectivity index (χ0) is 21.3. The molecule has 0 aliphatic carbocycles. The number of rotatable bonds is 9. The fourth-order valence-corrected chi connectivity index (χ4v) is 3.65. The molecule has 0 unspecified atom stereocenters. The fraction of sp³-hybridized carbons (Fsp3) is 0.240. The van der Waals surface area contributed by atoms with Crippen LogP contribution in [-0.4, -0.2) is 31.0 Å². The van der Waals surface area contributed by atoms with E-state index in [2.05, 4.69) is 28.7 Å². The van der Waals surface area contributed by atoms with E-state index in [1.165, 1.54) is 0 Å². The number of likely N-dealkylation sites (N-methyl/N-ethyl adjacent to an activating group) is 1. The topological polar surface area (TPSA) is 38.8 Å². The second-order valence-electron chi connectivity index (χ2n) is 7.30. The Kier molecular flexibility index (Phi) is 8.28. The third kappa shape index (κ3) is 6.57. The van der Waals surface area contributed by atoms with Crippen LogP contribution in [0.1, 0.15) is 16.7 Å². The minimum Gasteiger partial charge on any atom is -0.489 e. The summed E-state index contributed by atoms with van der Waals surface area (Å²) in [5.41, 5.74) is 3.08. The normalized spacial score (nSPS) is 11.9. The average molecular weight is 515 g/mol. The number of carbonyl (C=O) groups is 1. The molecule has 1 atom stereocenters. The summed E-state index contributed by atoms with van der Waals surface area (Å²) in [7, 11) is 3.79. The Labute approximate surface area is 192 Å². The summed E-state index contributed by atoms with van der Waals surface area (Å²) in [6, 6.07) is 25.5. The molecule has 5 heteroatoms. The van der Waals surface area contributed by atoms with Crippen LogP contribution < -0.4 is 4.74 Å². The molecular weight excluding hydrogens is 489 g/mol. The van der Waals surface area contributed by atoms with Crippen molar-refractivity contribution < 1.29 is 14.3 Å². The van der Waals surface area contributed by atoms with Crippen molar-refractivity contribution >= 4 is 28.6 Å². The van der Waals surface area contributed by atoms with Gasteiger partial charge < -0.3 is 9.47 Å². The number of hydrogen-bond donors (Lipinski definition) is 0. The molecule has 156 valence electrons. The zero-order valence-electron chi connectivity index (χ0n) is 17.3. The van der Waals surface area contributed by atoms with Crippen LogP contribution in [0.5, 0.6) is 5.75 Å². The van der Waals surface area contributed by atoms with E-state index >= 15 is 0 Å². The summed E-state index contributed by atoms with van der Waals surface area (Å²) in [6.07, 6.45) is 0.515. The van der Waals surface area contributed by atoms with Gasteiger partial charge in [0.25, 0.3) is 0 Å². The van der Waals surface area contributed by atoms with Crippen molar-refractivity contribution in [3.63, 3.8) is 0 Å². The summed E-state index contributed by atoms with van der Waals surface area (Å²) < 4.78 is 12.8. The molecule has 0 spiro atoms. The van der Waals surface area contributed by atoms with Gasteiger partial charge in [0, 0.05) is 9.99 Å². The highest BCUT2D eigenvalue weighted by molar-refractivity contribution is 14.1. The molecule has 0 heterocycles. The standard InChI is InChI=1S/C25H26INO3/c1-27(2)23(25(28)30-18-20-11-7-4-8-12-20)16-21-15-22(26)13-14-24(21)29-17-19-9-5-3-6-10-19/h3-15,23H,16-18H2,1-2H3/t23-/m0/s1. The van der Waals surface area contributed by atoms with Crippen molar-refractivity contribution in [2.45, 2.75) is 25.7 Å². The molecule has 3 rings (SSSR count). The van der Waals surface area contributed by atoms with Gasteiger partial charge in [0.05, 0.1) is 0 Å². The minimum absolute atomic E-state index is 0.239. The van der Waals surface area contributed by atoms with Gasteiger partial charge in [-0.3, -0.25) is 9.69 Å². The SMILES string of the molecule is CN(C)[C@@H](Cc1cc(I)ccc1OCc1ccccc1)C(=O)OCc1ccccc1.